The zero-order valence-corrected chi connectivity index (χ0v) is 12.2. The fourth-order valence-electron chi connectivity index (χ4n) is 1.48. The summed E-state index contributed by atoms with van der Waals surface area (Å²) in [4.78, 5) is 12.1. The van der Waals surface area contributed by atoms with Crippen molar-refractivity contribution >= 4 is 23.4 Å². The number of carbonyl (C=O) groups excluding carboxylic acids is 1. The van der Waals surface area contributed by atoms with Crippen LogP contribution >= 0.6 is 11.8 Å². The van der Waals surface area contributed by atoms with E-state index in [0.717, 1.165) is 0 Å². The number of nitrogens with one attached hydrogen (secondary N) is 1. The molecule has 2 aromatic rings. The normalized spacial score (nSPS) is 11.9. The highest BCUT2D eigenvalue weighted by Crippen LogP contribution is 2.22. The first-order valence-corrected chi connectivity index (χ1v) is 6.82. The lowest BCUT2D eigenvalue weighted by atomic mass is 10.3. The summed E-state index contributed by atoms with van der Waals surface area (Å²) in [7, 11) is 3.31. The topological polar surface area (TPSA) is 81.9 Å². The molecular weight excluding hydrogens is 278 g/mol. The van der Waals surface area contributed by atoms with E-state index in [2.05, 4.69) is 20.8 Å². The molecule has 8 heteroatoms. The van der Waals surface area contributed by atoms with Crippen LogP contribution < -0.4 is 10.1 Å². The number of aryl methyl sites for hydroxylation is 1. The molecular formula is C12H15N5O2S. The second kappa shape index (κ2) is 6.38. The van der Waals surface area contributed by atoms with Crippen LogP contribution in [0.2, 0.25) is 0 Å². The van der Waals surface area contributed by atoms with Gasteiger partial charge in [-0.15, -0.1) is 5.10 Å². The molecule has 20 heavy (non-hydrogen) atoms. The molecule has 1 heterocycles. The number of hydrogen-bond donors (Lipinski definition) is 1. The molecule has 0 aliphatic rings. The summed E-state index contributed by atoms with van der Waals surface area (Å²) in [6.07, 6.45) is 0. The number of anilines is 1. The van der Waals surface area contributed by atoms with E-state index in [-0.39, 0.29) is 11.2 Å². The molecule has 0 saturated heterocycles. The van der Waals surface area contributed by atoms with Crippen LogP contribution in [0.15, 0.2) is 29.4 Å². The summed E-state index contributed by atoms with van der Waals surface area (Å²) in [5.41, 5.74) is 0.692. The van der Waals surface area contributed by atoms with Crippen LogP contribution in [0.3, 0.4) is 0 Å². The van der Waals surface area contributed by atoms with Gasteiger partial charge >= 0.3 is 0 Å². The molecule has 1 N–H and O–H groups in total. The van der Waals surface area contributed by atoms with Crippen LogP contribution in [0.25, 0.3) is 0 Å². The highest BCUT2D eigenvalue weighted by Gasteiger charge is 2.17. The summed E-state index contributed by atoms with van der Waals surface area (Å²) in [6, 6.07) is 7.21. The van der Waals surface area contributed by atoms with Crippen molar-refractivity contribution in [3.8, 4) is 5.75 Å². The molecule has 0 bridgehead atoms. The molecule has 1 amide bonds. The summed E-state index contributed by atoms with van der Waals surface area (Å²) >= 11 is 1.30. The van der Waals surface area contributed by atoms with E-state index in [4.69, 9.17) is 4.74 Å². The van der Waals surface area contributed by atoms with Crippen molar-refractivity contribution in [1.29, 1.82) is 0 Å². The van der Waals surface area contributed by atoms with Crippen LogP contribution in [0.4, 0.5) is 5.69 Å². The number of tetrazole rings is 1. The monoisotopic (exact) mass is 293 g/mol. The minimum absolute atomic E-state index is 0.119. The van der Waals surface area contributed by atoms with E-state index in [9.17, 15) is 4.79 Å². The molecule has 0 spiro atoms. The summed E-state index contributed by atoms with van der Waals surface area (Å²) in [6.45, 7) is 1.80. The smallest absolute Gasteiger partial charge is 0.237 e. The van der Waals surface area contributed by atoms with Crippen molar-refractivity contribution in [2.75, 3.05) is 12.4 Å². The summed E-state index contributed by atoms with van der Waals surface area (Å²) in [5, 5.41) is 14.2. The molecule has 106 valence electrons. The minimum Gasteiger partial charge on any atom is -0.497 e. The van der Waals surface area contributed by atoms with Gasteiger partial charge in [-0.05, 0) is 29.5 Å². The third-order valence-electron chi connectivity index (χ3n) is 2.57. The Balaban J connectivity index is 1.98. The van der Waals surface area contributed by atoms with Gasteiger partial charge in [0.15, 0.2) is 0 Å². The average molecular weight is 293 g/mol. The maximum absolute atomic E-state index is 12.1. The van der Waals surface area contributed by atoms with Gasteiger partial charge in [-0.2, -0.15) is 0 Å². The number of nitrogens with zero attached hydrogens (tertiary/aromatic N) is 4. The quantitative estimate of drug-likeness (QED) is 0.838. The van der Waals surface area contributed by atoms with Crippen molar-refractivity contribution in [2.24, 2.45) is 7.05 Å². The highest BCUT2D eigenvalue weighted by atomic mass is 32.2. The zero-order valence-electron chi connectivity index (χ0n) is 11.4. The molecule has 7 nitrogen and oxygen atoms in total. The fourth-order valence-corrected chi connectivity index (χ4v) is 2.23. The van der Waals surface area contributed by atoms with Crippen LogP contribution in [0.1, 0.15) is 6.92 Å². The Kier molecular flexibility index (Phi) is 4.57. The van der Waals surface area contributed by atoms with Crippen LogP contribution in [0.5, 0.6) is 5.75 Å². The lowest BCUT2D eigenvalue weighted by Gasteiger charge is -2.11. The van der Waals surface area contributed by atoms with Crippen molar-refractivity contribution < 1.29 is 9.53 Å². The maximum Gasteiger partial charge on any atom is 0.237 e. The minimum atomic E-state index is -0.314. The number of rotatable bonds is 5. The van der Waals surface area contributed by atoms with Crippen molar-refractivity contribution in [1.82, 2.24) is 20.2 Å². The Hall–Kier alpha value is -2.09. The van der Waals surface area contributed by atoms with Gasteiger partial charge in [0.25, 0.3) is 0 Å². The van der Waals surface area contributed by atoms with E-state index in [1.54, 1.807) is 27.1 Å². The lowest BCUT2D eigenvalue weighted by molar-refractivity contribution is -0.115. The number of hydrogen-bond acceptors (Lipinski definition) is 6. The van der Waals surface area contributed by atoms with Crippen molar-refractivity contribution in [3.05, 3.63) is 24.3 Å². The first kappa shape index (κ1) is 14.3. The number of benzene rings is 1. The molecule has 0 aliphatic heterocycles. The average Bonchev–Trinajstić information content (AvgIpc) is 2.84. The number of methoxy groups -OCH3 is 1. The number of thioether (sulfide) groups is 1. The zero-order chi connectivity index (χ0) is 14.5. The summed E-state index contributed by atoms with van der Waals surface area (Å²) < 4.78 is 6.64. The van der Waals surface area contributed by atoms with E-state index in [0.29, 0.717) is 16.6 Å². The molecule has 2 rings (SSSR count). The van der Waals surface area contributed by atoms with Gasteiger partial charge in [0, 0.05) is 18.8 Å². The van der Waals surface area contributed by atoms with E-state index < -0.39 is 0 Å². The Bertz CT molecular complexity index is 601. The SMILES string of the molecule is COc1cccc(NC(=O)C(C)Sc2nnnn2C)c1. The van der Waals surface area contributed by atoms with Gasteiger partial charge < -0.3 is 10.1 Å². The molecule has 1 unspecified atom stereocenters. The van der Waals surface area contributed by atoms with E-state index in [1.165, 1.54) is 16.4 Å². The first-order valence-electron chi connectivity index (χ1n) is 5.94. The van der Waals surface area contributed by atoms with Crippen molar-refractivity contribution in [3.63, 3.8) is 0 Å². The van der Waals surface area contributed by atoms with Crippen molar-refractivity contribution in [2.45, 2.75) is 17.3 Å². The third kappa shape index (κ3) is 3.47. The van der Waals surface area contributed by atoms with Gasteiger partial charge in [0.05, 0.1) is 12.4 Å². The second-order valence-corrected chi connectivity index (χ2v) is 5.37. The number of carbonyl (C=O) groups is 1. The predicted molar refractivity (Wildman–Crippen MR) is 75.7 cm³/mol. The summed E-state index contributed by atoms with van der Waals surface area (Å²) in [5.74, 6) is 0.576. The molecule has 1 aromatic carbocycles. The van der Waals surface area contributed by atoms with Gasteiger partial charge in [-0.3, -0.25) is 4.79 Å². The predicted octanol–water partition coefficient (Wildman–Crippen LogP) is 1.34. The molecule has 1 aromatic heterocycles. The third-order valence-corrected chi connectivity index (χ3v) is 3.69. The molecule has 0 saturated carbocycles. The van der Waals surface area contributed by atoms with Crippen LogP contribution in [-0.2, 0) is 11.8 Å². The standard InChI is InChI=1S/C12H15N5O2S/c1-8(20-12-14-15-16-17(12)2)11(18)13-9-5-4-6-10(7-9)19-3/h4-8H,1-3H3,(H,13,18). The Morgan fingerprint density at radius 2 is 2.30 bits per heavy atom. The number of amides is 1. The van der Waals surface area contributed by atoms with E-state index >= 15 is 0 Å². The molecule has 0 fully saturated rings. The second-order valence-electron chi connectivity index (χ2n) is 4.07. The molecule has 0 radical (unpaired) electrons. The Morgan fingerprint density at radius 3 is 2.95 bits per heavy atom. The van der Waals surface area contributed by atoms with Gasteiger partial charge in [0.1, 0.15) is 5.75 Å². The Morgan fingerprint density at radius 1 is 1.50 bits per heavy atom. The fraction of sp³-hybridized carbons (Fsp3) is 0.333. The lowest BCUT2D eigenvalue weighted by Crippen LogP contribution is -2.22. The van der Waals surface area contributed by atoms with Gasteiger partial charge in [-0.1, -0.05) is 17.8 Å². The largest absolute Gasteiger partial charge is 0.497 e. The first-order chi connectivity index (χ1) is 9.60. The molecule has 1 atom stereocenters. The maximum atomic E-state index is 12.1. The number of ether oxygens (including phenoxy) is 1. The molecule has 0 aliphatic carbocycles. The van der Waals surface area contributed by atoms with Gasteiger partial charge in [-0.25, -0.2) is 4.68 Å². The van der Waals surface area contributed by atoms with Crippen LogP contribution in [0, 0.1) is 0 Å². The van der Waals surface area contributed by atoms with Crippen LogP contribution in [-0.4, -0.2) is 38.5 Å². The van der Waals surface area contributed by atoms with E-state index in [1.807, 2.05) is 18.2 Å². The Labute approximate surface area is 120 Å². The van der Waals surface area contributed by atoms with Gasteiger partial charge in [0.2, 0.25) is 11.1 Å². The highest BCUT2D eigenvalue weighted by molar-refractivity contribution is 8.00. The number of aromatic nitrogens is 4.